The van der Waals surface area contributed by atoms with E-state index in [4.69, 9.17) is 5.73 Å². The molecule has 1 fully saturated rings. The van der Waals surface area contributed by atoms with E-state index in [1.54, 1.807) is 6.33 Å². The predicted molar refractivity (Wildman–Crippen MR) is 83.6 cm³/mol. The van der Waals surface area contributed by atoms with Crippen LogP contribution in [0.2, 0.25) is 0 Å². The van der Waals surface area contributed by atoms with Gasteiger partial charge in [0.05, 0.1) is 5.52 Å². The number of rotatable bonds is 5. The molecule has 1 aromatic heterocycles. The number of nitrogens with zero attached hydrogens (tertiary/aromatic N) is 2. The van der Waals surface area contributed by atoms with Crippen LogP contribution in [0.15, 0.2) is 24.5 Å². The quantitative estimate of drug-likeness (QED) is 0.643. The fourth-order valence-electron chi connectivity index (χ4n) is 3.11. The van der Waals surface area contributed by atoms with Gasteiger partial charge in [-0.3, -0.25) is 0 Å². The minimum atomic E-state index is 0.751. The van der Waals surface area contributed by atoms with Crippen LogP contribution in [0, 0.1) is 5.92 Å². The highest BCUT2D eigenvalue weighted by Gasteiger charge is 2.14. The van der Waals surface area contributed by atoms with Gasteiger partial charge >= 0.3 is 0 Å². The van der Waals surface area contributed by atoms with Crippen LogP contribution in [0.4, 0.5) is 11.5 Å². The fraction of sp³-hybridized carbons (Fsp3) is 0.500. The molecule has 1 aliphatic rings. The summed E-state index contributed by atoms with van der Waals surface area (Å²) in [5.74, 6) is 1.85. The van der Waals surface area contributed by atoms with Crippen molar-refractivity contribution in [2.45, 2.75) is 38.5 Å². The molecule has 0 bridgehead atoms. The molecule has 0 unspecified atom stereocenters. The first kappa shape index (κ1) is 13.2. The first-order valence-corrected chi connectivity index (χ1v) is 7.57. The van der Waals surface area contributed by atoms with E-state index in [0.29, 0.717) is 0 Å². The Hall–Kier alpha value is -1.84. The third-order valence-electron chi connectivity index (χ3n) is 4.22. The Morgan fingerprint density at radius 1 is 1.20 bits per heavy atom. The van der Waals surface area contributed by atoms with Gasteiger partial charge in [0.2, 0.25) is 0 Å². The lowest BCUT2D eigenvalue weighted by atomic mass is 10.0. The summed E-state index contributed by atoms with van der Waals surface area (Å²) in [4.78, 5) is 8.61. The summed E-state index contributed by atoms with van der Waals surface area (Å²) in [7, 11) is 0. The van der Waals surface area contributed by atoms with Crippen molar-refractivity contribution < 1.29 is 0 Å². The molecule has 3 N–H and O–H groups in total. The number of fused-ring (bicyclic) bond motifs is 1. The van der Waals surface area contributed by atoms with E-state index < -0.39 is 0 Å². The Morgan fingerprint density at radius 2 is 2.05 bits per heavy atom. The molecule has 1 aromatic carbocycles. The highest BCUT2D eigenvalue weighted by atomic mass is 15.0. The number of nitrogen functional groups attached to an aromatic ring is 1. The second kappa shape index (κ2) is 6.07. The summed E-state index contributed by atoms with van der Waals surface area (Å²) >= 11 is 0. The second-order valence-electron chi connectivity index (χ2n) is 5.72. The first-order valence-electron chi connectivity index (χ1n) is 7.57. The van der Waals surface area contributed by atoms with Gasteiger partial charge in [-0.05, 0) is 37.0 Å². The minimum absolute atomic E-state index is 0.751. The molecule has 0 amide bonds. The molecule has 0 aliphatic heterocycles. The zero-order valence-electron chi connectivity index (χ0n) is 11.8. The van der Waals surface area contributed by atoms with Crippen LogP contribution >= 0.6 is 0 Å². The Bertz CT molecular complexity index is 576. The minimum Gasteiger partial charge on any atom is -0.399 e. The molecule has 1 heterocycles. The first-order chi connectivity index (χ1) is 9.83. The molecular formula is C16H22N4. The van der Waals surface area contributed by atoms with Crippen molar-refractivity contribution >= 4 is 22.4 Å². The standard InChI is InChI=1S/C16H22N4/c17-13-7-8-15-14(10-13)16(20-11-19-15)18-9-3-6-12-4-1-2-5-12/h7-8,10-12H,1-6,9,17H2,(H,18,19,20). The van der Waals surface area contributed by atoms with Crippen LogP contribution in [0.1, 0.15) is 38.5 Å². The summed E-state index contributed by atoms with van der Waals surface area (Å²) in [5, 5.41) is 4.44. The van der Waals surface area contributed by atoms with Crippen LogP contribution in [-0.4, -0.2) is 16.5 Å². The Labute approximate surface area is 119 Å². The number of nitrogens with two attached hydrogens (primary N) is 1. The van der Waals surface area contributed by atoms with Gasteiger partial charge in [-0.1, -0.05) is 25.7 Å². The van der Waals surface area contributed by atoms with Crippen LogP contribution in [0.5, 0.6) is 0 Å². The lowest BCUT2D eigenvalue weighted by Crippen LogP contribution is -2.06. The maximum Gasteiger partial charge on any atom is 0.137 e. The molecule has 0 saturated heterocycles. The van der Waals surface area contributed by atoms with Gasteiger partial charge < -0.3 is 11.1 Å². The second-order valence-corrected chi connectivity index (χ2v) is 5.72. The maximum atomic E-state index is 5.85. The van der Waals surface area contributed by atoms with Crippen molar-refractivity contribution in [2.75, 3.05) is 17.6 Å². The zero-order chi connectivity index (χ0) is 13.8. The molecule has 1 saturated carbocycles. The summed E-state index contributed by atoms with van der Waals surface area (Å²) in [6.07, 6.45) is 9.84. The van der Waals surface area contributed by atoms with Crippen LogP contribution in [0.25, 0.3) is 10.9 Å². The zero-order valence-corrected chi connectivity index (χ0v) is 11.8. The van der Waals surface area contributed by atoms with Gasteiger partial charge in [-0.15, -0.1) is 0 Å². The van der Waals surface area contributed by atoms with Crippen LogP contribution < -0.4 is 11.1 Å². The molecule has 0 spiro atoms. The maximum absolute atomic E-state index is 5.85. The number of aromatic nitrogens is 2. The van der Waals surface area contributed by atoms with Gasteiger partial charge in [0.25, 0.3) is 0 Å². The summed E-state index contributed by atoms with van der Waals surface area (Å²) in [6.45, 7) is 0.970. The Kier molecular flexibility index (Phi) is 4.00. The van der Waals surface area contributed by atoms with E-state index in [1.807, 2.05) is 18.2 Å². The van der Waals surface area contributed by atoms with Gasteiger partial charge in [-0.25, -0.2) is 9.97 Å². The van der Waals surface area contributed by atoms with E-state index in [0.717, 1.165) is 34.9 Å². The molecule has 20 heavy (non-hydrogen) atoms. The molecular weight excluding hydrogens is 248 g/mol. The Morgan fingerprint density at radius 3 is 2.90 bits per heavy atom. The van der Waals surface area contributed by atoms with Crippen molar-refractivity contribution in [1.82, 2.24) is 9.97 Å². The van der Waals surface area contributed by atoms with Crippen molar-refractivity contribution in [3.8, 4) is 0 Å². The number of hydrogen-bond acceptors (Lipinski definition) is 4. The summed E-state index contributed by atoms with van der Waals surface area (Å²) in [6, 6.07) is 5.75. The van der Waals surface area contributed by atoms with Crippen molar-refractivity contribution in [3.63, 3.8) is 0 Å². The topological polar surface area (TPSA) is 63.8 Å². The molecule has 4 heteroatoms. The van der Waals surface area contributed by atoms with Gasteiger partial charge in [0, 0.05) is 17.6 Å². The highest BCUT2D eigenvalue weighted by molar-refractivity contribution is 5.91. The van der Waals surface area contributed by atoms with E-state index in [2.05, 4.69) is 15.3 Å². The molecule has 3 rings (SSSR count). The van der Waals surface area contributed by atoms with Crippen LogP contribution in [0.3, 0.4) is 0 Å². The lowest BCUT2D eigenvalue weighted by molar-refractivity contribution is 0.491. The van der Waals surface area contributed by atoms with Crippen molar-refractivity contribution in [2.24, 2.45) is 5.92 Å². The predicted octanol–water partition coefficient (Wildman–Crippen LogP) is 3.59. The SMILES string of the molecule is Nc1ccc2ncnc(NCCCC3CCCC3)c2c1. The third kappa shape index (κ3) is 3.00. The molecule has 1 aliphatic carbocycles. The normalized spacial score (nSPS) is 15.8. The van der Waals surface area contributed by atoms with Crippen LogP contribution in [-0.2, 0) is 0 Å². The van der Waals surface area contributed by atoms with E-state index in [-0.39, 0.29) is 0 Å². The average molecular weight is 270 g/mol. The van der Waals surface area contributed by atoms with Gasteiger partial charge in [0.15, 0.2) is 0 Å². The summed E-state index contributed by atoms with van der Waals surface area (Å²) < 4.78 is 0. The number of nitrogens with one attached hydrogen (secondary N) is 1. The van der Waals surface area contributed by atoms with Gasteiger partial charge in [0.1, 0.15) is 12.1 Å². The summed E-state index contributed by atoms with van der Waals surface area (Å²) in [5.41, 5.74) is 7.54. The van der Waals surface area contributed by atoms with E-state index in [9.17, 15) is 0 Å². The Balaban J connectivity index is 1.60. The van der Waals surface area contributed by atoms with Crippen molar-refractivity contribution in [1.29, 1.82) is 0 Å². The highest BCUT2D eigenvalue weighted by Crippen LogP contribution is 2.28. The van der Waals surface area contributed by atoms with Crippen molar-refractivity contribution in [3.05, 3.63) is 24.5 Å². The fourth-order valence-corrected chi connectivity index (χ4v) is 3.11. The van der Waals surface area contributed by atoms with E-state index >= 15 is 0 Å². The number of hydrogen-bond donors (Lipinski definition) is 2. The molecule has 2 aromatic rings. The average Bonchev–Trinajstić information content (AvgIpc) is 2.97. The molecule has 4 nitrogen and oxygen atoms in total. The smallest absolute Gasteiger partial charge is 0.137 e. The molecule has 0 atom stereocenters. The molecule has 106 valence electrons. The largest absolute Gasteiger partial charge is 0.399 e. The lowest BCUT2D eigenvalue weighted by Gasteiger charge is -2.11. The third-order valence-corrected chi connectivity index (χ3v) is 4.22. The number of benzene rings is 1. The van der Waals surface area contributed by atoms with Gasteiger partial charge in [-0.2, -0.15) is 0 Å². The van der Waals surface area contributed by atoms with E-state index in [1.165, 1.54) is 38.5 Å². The molecule has 0 radical (unpaired) electrons. The monoisotopic (exact) mass is 270 g/mol. The number of anilines is 2.